The molecule has 7 heteroatoms. The summed E-state index contributed by atoms with van der Waals surface area (Å²) in [6.07, 6.45) is 0. The Morgan fingerprint density at radius 2 is 2.14 bits per heavy atom. The van der Waals surface area contributed by atoms with Gasteiger partial charge in [-0.15, -0.1) is 4.40 Å². The molecule has 1 heterocycles. The Morgan fingerprint density at radius 3 is 2.86 bits per heavy atom. The molecule has 0 aromatic heterocycles. The Balaban J connectivity index is 2.74. The van der Waals surface area contributed by atoms with Crippen LogP contribution in [-0.2, 0) is 10.2 Å². The molecule has 5 nitrogen and oxygen atoms in total. The number of hydrogen-bond donors (Lipinski definition) is 2. The second-order valence-corrected chi connectivity index (χ2v) is 4.91. The molecule has 0 radical (unpaired) electrons. The SMILES string of the molecule is NC1=NS(=O)(=O)Nc2cccc(Br)c21. The van der Waals surface area contributed by atoms with Gasteiger partial charge in [0, 0.05) is 4.47 Å². The molecule has 0 spiro atoms. The molecule has 0 aliphatic carbocycles. The minimum absolute atomic E-state index is 0.00812. The van der Waals surface area contributed by atoms with Crippen molar-refractivity contribution in [1.29, 1.82) is 0 Å². The molecule has 0 fully saturated rings. The van der Waals surface area contributed by atoms with Crippen LogP contribution in [0.3, 0.4) is 0 Å². The summed E-state index contributed by atoms with van der Waals surface area (Å²) in [7, 11) is -3.67. The van der Waals surface area contributed by atoms with E-state index in [4.69, 9.17) is 5.73 Å². The Morgan fingerprint density at radius 1 is 1.43 bits per heavy atom. The fourth-order valence-corrected chi connectivity index (χ4v) is 2.62. The first-order chi connectivity index (χ1) is 6.49. The highest BCUT2D eigenvalue weighted by Gasteiger charge is 2.22. The van der Waals surface area contributed by atoms with Gasteiger partial charge in [-0.25, -0.2) is 0 Å². The van der Waals surface area contributed by atoms with Gasteiger partial charge in [-0.05, 0) is 28.1 Å². The average molecular weight is 276 g/mol. The van der Waals surface area contributed by atoms with Crippen LogP contribution in [0.15, 0.2) is 27.1 Å². The summed E-state index contributed by atoms with van der Waals surface area (Å²) in [6.45, 7) is 0. The fraction of sp³-hybridized carbons (Fsp3) is 0. The lowest BCUT2D eigenvalue weighted by Gasteiger charge is -2.16. The second-order valence-electron chi connectivity index (χ2n) is 2.72. The van der Waals surface area contributed by atoms with Crippen LogP contribution in [0, 0.1) is 0 Å². The third-order valence-corrected chi connectivity index (χ3v) is 3.30. The van der Waals surface area contributed by atoms with Crippen molar-refractivity contribution in [2.24, 2.45) is 10.1 Å². The maximum atomic E-state index is 11.1. The molecule has 1 aromatic rings. The molecule has 14 heavy (non-hydrogen) atoms. The molecule has 74 valence electrons. The number of benzene rings is 1. The normalized spacial score (nSPS) is 17.9. The lowest BCUT2D eigenvalue weighted by Crippen LogP contribution is -2.26. The Bertz CT molecular complexity index is 524. The monoisotopic (exact) mass is 275 g/mol. The predicted octanol–water partition coefficient (Wildman–Crippen LogP) is 0.825. The van der Waals surface area contributed by atoms with E-state index in [2.05, 4.69) is 25.0 Å². The van der Waals surface area contributed by atoms with Gasteiger partial charge in [0.25, 0.3) is 0 Å². The number of amidine groups is 1. The van der Waals surface area contributed by atoms with Crippen LogP contribution in [-0.4, -0.2) is 14.3 Å². The number of fused-ring (bicyclic) bond motifs is 1. The molecule has 0 amide bonds. The summed E-state index contributed by atoms with van der Waals surface area (Å²) >= 11 is 3.26. The summed E-state index contributed by atoms with van der Waals surface area (Å²) in [5.74, 6) is -0.00812. The van der Waals surface area contributed by atoms with Crippen molar-refractivity contribution < 1.29 is 8.42 Å². The standard InChI is InChI=1S/C7H6BrN3O2S/c8-4-2-1-3-5-6(4)7(9)11-14(12,13)10-5/h1-3,10H,(H2,9,11). The van der Waals surface area contributed by atoms with Gasteiger partial charge < -0.3 is 5.73 Å². The van der Waals surface area contributed by atoms with Crippen LogP contribution in [0.4, 0.5) is 5.69 Å². The molecule has 0 atom stereocenters. The molecule has 1 aliphatic rings. The highest BCUT2D eigenvalue weighted by atomic mass is 79.9. The average Bonchev–Trinajstić information content (AvgIpc) is 2.00. The van der Waals surface area contributed by atoms with Gasteiger partial charge >= 0.3 is 10.2 Å². The number of nitrogens with two attached hydrogens (primary N) is 1. The Labute approximate surface area is 89.3 Å². The van der Waals surface area contributed by atoms with E-state index >= 15 is 0 Å². The molecule has 0 bridgehead atoms. The van der Waals surface area contributed by atoms with Gasteiger partial charge in [0.1, 0.15) is 5.84 Å². The largest absolute Gasteiger partial charge is 0.382 e. The highest BCUT2D eigenvalue weighted by molar-refractivity contribution is 9.10. The molecular formula is C7H6BrN3O2S. The van der Waals surface area contributed by atoms with Crippen molar-refractivity contribution in [3.8, 4) is 0 Å². The van der Waals surface area contributed by atoms with E-state index in [-0.39, 0.29) is 5.84 Å². The van der Waals surface area contributed by atoms with Crippen LogP contribution >= 0.6 is 15.9 Å². The summed E-state index contributed by atoms with van der Waals surface area (Å²) in [4.78, 5) is 0. The number of anilines is 1. The number of nitrogens with zero attached hydrogens (tertiary/aromatic N) is 1. The van der Waals surface area contributed by atoms with Crippen molar-refractivity contribution in [1.82, 2.24) is 0 Å². The van der Waals surface area contributed by atoms with E-state index in [1.54, 1.807) is 18.2 Å². The van der Waals surface area contributed by atoms with Crippen molar-refractivity contribution >= 4 is 37.7 Å². The van der Waals surface area contributed by atoms with E-state index in [0.717, 1.165) is 0 Å². The van der Waals surface area contributed by atoms with Crippen molar-refractivity contribution in [2.45, 2.75) is 0 Å². The van der Waals surface area contributed by atoms with Crippen molar-refractivity contribution in [2.75, 3.05) is 4.72 Å². The molecule has 0 saturated heterocycles. The Hall–Kier alpha value is -1.08. The van der Waals surface area contributed by atoms with Crippen LogP contribution < -0.4 is 10.5 Å². The predicted molar refractivity (Wildman–Crippen MR) is 57.4 cm³/mol. The molecule has 1 aromatic carbocycles. The summed E-state index contributed by atoms with van der Waals surface area (Å²) in [6, 6.07) is 5.10. The zero-order chi connectivity index (χ0) is 10.3. The minimum Gasteiger partial charge on any atom is -0.382 e. The summed E-state index contributed by atoms with van der Waals surface area (Å²) in [5.41, 5.74) is 6.53. The van der Waals surface area contributed by atoms with Gasteiger partial charge in [-0.2, -0.15) is 8.42 Å². The van der Waals surface area contributed by atoms with E-state index < -0.39 is 10.2 Å². The zero-order valence-electron chi connectivity index (χ0n) is 6.86. The third-order valence-electron chi connectivity index (χ3n) is 1.73. The maximum absolute atomic E-state index is 11.1. The fourth-order valence-electron chi connectivity index (χ4n) is 1.21. The van der Waals surface area contributed by atoms with Crippen LogP contribution in [0.5, 0.6) is 0 Å². The van der Waals surface area contributed by atoms with E-state index in [1.165, 1.54) is 0 Å². The van der Waals surface area contributed by atoms with Crippen molar-refractivity contribution in [3.63, 3.8) is 0 Å². The van der Waals surface area contributed by atoms with Gasteiger partial charge in [-0.3, -0.25) is 4.72 Å². The smallest absolute Gasteiger partial charge is 0.344 e. The van der Waals surface area contributed by atoms with Crippen LogP contribution in [0.25, 0.3) is 0 Å². The van der Waals surface area contributed by atoms with E-state index in [1.807, 2.05) is 0 Å². The molecule has 2 rings (SSSR count). The molecule has 0 unspecified atom stereocenters. The molecule has 3 N–H and O–H groups in total. The number of rotatable bonds is 0. The second kappa shape index (κ2) is 2.96. The van der Waals surface area contributed by atoms with Gasteiger partial charge in [0.05, 0.1) is 11.3 Å². The van der Waals surface area contributed by atoms with Gasteiger partial charge in [-0.1, -0.05) is 6.07 Å². The molecular weight excluding hydrogens is 270 g/mol. The minimum atomic E-state index is -3.67. The maximum Gasteiger partial charge on any atom is 0.344 e. The number of hydrogen-bond acceptors (Lipinski definition) is 3. The first-order valence-electron chi connectivity index (χ1n) is 3.67. The lowest BCUT2D eigenvalue weighted by molar-refractivity contribution is 0.602. The number of nitrogens with one attached hydrogen (secondary N) is 1. The third kappa shape index (κ3) is 1.48. The first kappa shape index (κ1) is 9.47. The molecule has 0 saturated carbocycles. The summed E-state index contributed by atoms with van der Waals surface area (Å²) < 4.78 is 28.6. The quantitative estimate of drug-likeness (QED) is 0.735. The van der Waals surface area contributed by atoms with Crippen LogP contribution in [0.2, 0.25) is 0 Å². The van der Waals surface area contributed by atoms with Gasteiger partial charge in [0.2, 0.25) is 0 Å². The van der Waals surface area contributed by atoms with Gasteiger partial charge in [0.15, 0.2) is 0 Å². The van der Waals surface area contributed by atoms with E-state index in [0.29, 0.717) is 15.7 Å². The molecule has 1 aliphatic heterocycles. The van der Waals surface area contributed by atoms with E-state index in [9.17, 15) is 8.42 Å². The number of halogens is 1. The lowest BCUT2D eigenvalue weighted by atomic mass is 10.2. The topological polar surface area (TPSA) is 84.5 Å². The zero-order valence-corrected chi connectivity index (χ0v) is 9.26. The summed E-state index contributed by atoms with van der Waals surface area (Å²) in [5, 5.41) is 0. The highest BCUT2D eigenvalue weighted by Crippen LogP contribution is 2.28. The first-order valence-corrected chi connectivity index (χ1v) is 5.90. The van der Waals surface area contributed by atoms with Crippen LogP contribution in [0.1, 0.15) is 5.56 Å². The van der Waals surface area contributed by atoms with Crippen molar-refractivity contribution in [3.05, 3.63) is 28.2 Å². The Kier molecular flexibility index (Phi) is 2.00.